The van der Waals surface area contributed by atoms with Crippen molar-refractivity contribution < 1.29 is 28.7 Å². The Bertz CT molecular complexity index is 736. The predicted octanol–water partition coefficient (Wildman–Crippen LogP) is 2.66. The maximum atomic E-state index is 12.5. The lowest BCUT2D eigenvalue weighted by atomic mass is 10.1. The molecule has 0 bridgehead atoms. The first-order valence-corrected chi connectivity index (χ1v) is 9.22. The van der Waals surface area contributed by atoms with Gasteiger partial charge in [0.15, 0.2) is 18.1 Å². The molecule has 0 fully saturated rings. The highest BCUT2D eigenvalue weighted by molar-refractivity contribution is 5.96. The second-order valence-corrected chi connectivity index (χ2v) is 7.43. The number of carbonyl (C=O) groups excluding carboxylic acids is 2. The van der Waals surface area contributed by atoms with Gasteiger partial charge in [0, 0.05) is 19.2 Å². The number of fused-ring (bicyclic) bond motifs is 1. The lowest BCUT2D eigenvalue weighted by Gasteiger charge is -2.26. The minimum absolute atomic E-state index is 0.200. The fourth-order valence-electron chi connectivity index (χ4n) is 2.85. The molecule has 1 heterocycles. The van der Waals surface area contributed by atoms with Crippen molar-refractivity contribution in [3.8, 4) is 11.5 Å². The van der Waals surface area contributed by atoms with Crippen molar-refractivity contribution in [1.29, 1.82) is 0 Å². The molecule has 154 valence electrons. The van der Waals surface area contributed by atoms with Crippen LogP contribution in [0.2, 0.25) is 0 Å². The number of nitrogens with zero attached hydrogens (tertiary/aromatic N) is 2. The van der Waals surface area contributed by atoms with Gasteiger partial charge in [-0.1, -0.05) is 27.7 Å². The first-order chi connectivity index (χ1) is 13.2. The minimum Gasteiger partial charge on any atom is -0.486 e. The normalized spacial score (nSPS) is 12.8. The van der Waals surface area contributed by atoms with E-state index in [0.29, 0.717) is 13.1 Å². The van der Waals surface area contributed by atoms with Crippen LogP contribution in [0.15, 0.2) is 12.1 Å². The lowest BCUT2D eigenvalue weighted by molar-refractivity contribution is -0.385. The molecule has 1 aliphatic heterocycles. The van der Waals surface area contributed by atoms with Crippen LogP contribution in [0.3, 0.4) is 0 Å². The Morgan fingerprint density at radius 3 is 2.14 bits per heavy atom. The number of esters is 1. The first-order valence-electron chi connectivity index (χ1n) is 9.22. The average molecular weight is 394 g/mol. The number of ether oxygens (including phenoxy) is 3. The molecule has 0 unspecified atom stereocenters. The molecule has 0 atom stereocenters. The van der Waals surface area contributed by atoms with Crippen molar-refractivity contribution >= 4 is 17.6 Å². The molecular formula is C19H26N2O7. The topological polar surface area (TPSA) is 108 Å². The Kier molecular flexibility index (Phi) is 7.19. The van der Waals surface area contributed by atoms with Gasteiger partial charge in [0.1, 0.15) is 18.8 Å². The molecular weight excluding hydrogens is 368 g/mol. The highest BCUT2D eigenvalue weighted by atomic mass is 16.6. The number of nitro benzene ring substituents is 1. The van der Waals surface area contributed by atoms with Gasteiger partial charge in [-0.2, -0.15) is 0 Å². The summed E-state index contributed by atoms with van der Waals surface area (Å²) >= 11 is 0. The van der Waals surface area contributed by atoms with Crippen molar-refractivity contribution in [1.82, 2.24) is 4.90 Å². The molecule has 0 radical (unpaired) electrons. The first kappa shape index (κ1) is 21.5. The van der Waals surface area contributed by atoms with Crippen LogP contribution in [-0.2, 0) is 9.53 Å². The van der Waals surface area contributed by atoms with Crippen LogP contribution in [0.4, 0.5) is 5.69 Å². The number of hydrogen-bond acceptors (Lipinski definition) is 7. The van der Waals surface area contributed by atoms with Crippen LogP contribution < -0.4 is 9.47 Å². The standard InChI is InChI=1S/C19H26N2O7/c1-12(2)9-20(10-13(3)4)18(22)11-28-19(23)14-7-16-17(27-6-5-26-16)8-15(14)21(24)25/h7-8,12-13H,5-6,9-11H2,1-4H3. The monoisotopic (exact) mass is 394 g/mol. The number of rotatable bonds is 8. The summed E-state index contributed by atoms with van der Waals surface area (Å²) in [5, 5.41) is 11.3. The van der Waals surface area contributed by atoms with E-state index in [1.165, 1.54) is 6.07 Å². The van der Waals surface area contributed by atoms with Crippen LogP contribution >= 0.6 is 0 Å². The summed E-state index contributed by atoms with van der Waals surface area (Å²) < 4.78 is 15.8. The Hall–Kier alpha value is -2.84. The Morgan fingerprint density at radius 1 is 1.11 bits per heavy atom. The molecule has 0 N–H and O–H groups in total. The molecule has 9 nitrogen and oxygen atoms in total. The fraction of sp³-hybridized carbons (Fsp3) is 0.579. The van der Waals surface area contributed by atoms with Crippen molar-refractivity contribution in [3.05, 3.63) is 27.8 Å². The Morgan fingerprint density at radius 2 is 1.64 bits per heavy atom. The lowest BCUT2D eigenvalue weighted by Crippen LogP contribution is -2.39. The third-order valence-corrected chi connectivity index (χ3v) is 3.93. The predicted molar refractivity (Wildman–Crippen MR) is 101 cm³/mol. The zero-order valence-corrected chi connectivity index (χ0v) is 16.6. The van der Waals surface area contributed by atoms with E-state index < -0.39 is 23.2 Å². The molecule has 9 heteroatoms. The van der Waals surface area contributed by atoms with Crippen molar-refractivity contribution in [2.45, 2.75) is 27.7 Å². The average Bonchev–Trinajstić information content (AvgIpc) is 2.63. The number of benzene rings is 1. The third kappa shape index (κ3) is 5.58. The zero-order chi connectivity index (χ0) is 20.8. The highest BCUT2D eigenvalue weighted by Gasteiger charge is 2.28. The summed E-state index contributed by atoms with van der Waals surface area (Å²) in [6.07, 6.45) is 0. The third-order valence-electron chi connectivity index (χ3n) is 3.93. The maximum absolute atomic E-state index is 12.5. The molecule has 1 amide bonds. The molecule has 1 aromatic rings. The molecule has 28 heavy (non-hydrogen) atoms. The number of carbonyl (C=O) groups is 2. The summed E-state index contributed by atoms with van der Waals surface area (Å²) in [6.45, 7) is 9.11. The van der Waals surface area contributed by atoms with E-state index >= 15 is 0 Å². The van der Waals surface area contributed by atoms with E-state index in [2.05, 4.69) is 0 Å². The smallest absolute Gasteiger partial charge is 0.345 e. The number of nitro groups is 1. The molecule has 0 saturated heterocycles. The molecule has 1 aliphatic rings. The fourth-order valence-corrected chi connectivity index (χ4v) is 2.85. The van der Waals surface area contributed by atoms with Gasteiger partial charge in [-0.05, 0) is 11.8 Å². The molecule has 0 aromatic heterocycles. The molecule has 0 saturated carbocycles. The zero-order valence-electron chi connectivity index (χ0n) is 16.6. The summed E-state index contributed by atoms with van der Waals surface area (Å²) in [6, 6.07) is 2.36. The van der Waals surface area contributed by atoms with E-state index in [0.717, 1.165) is 6.07 Å². The molecule has 1 aromatic carbocycles. The van der Waals surface area contributed by atoms with Crippen molar-refractivity contribution in [2.24, 2.45) is 11.8 Å². The van der Waals surface area contributed by atoms with Crippen LogP contribution in [0, 0.1) is 22.0 Å². The van der Waals surface area contributed by atoms with Crippen LogP contribution in [0.5, 0.6) is 11.5 Å². The van der Waals surface area contributed by atoms with E-state index in [9.17, 15) is 19.7 Å². The molecule has 2 rings (SSSR count). The largest absolute Gasteiger partial charge is 0.486 e. The van der Waals surface area contributed by atoms with Gasteiger partial charge in [0.05, 0.1) is 11.0 Å². The quantitative estimate of drug-likeness (QED) is 0.379. The second-order valence-electron chi connectivity index (χ2n) is 7.43. The van der Waals surface area contributed by atoms with Crippen molar-refractivity contribution in [2.75, 3.05) is 32.9 Å². The maximum Gasteiger partial charge on any atom is 0.345 e. The summed E-state index contributed by atoms with van der Waals surface area (Å²) in [5.74, 6) is -0.335. The van der Waals surface area contributed by atoms with Crippen LogP contribution in [-0.4, -0.2) is 54.6 Å². The van der Waals surface area contributed by atoms with Crippen LogP contribution in [0.25, 0.3) is 0 Å². The molecule has 0 aliphatic carbocycles. The van der Waals surface area contributed by atoms with E-state index in [1.807, 2.05) is 27.7 Å². The Balaban J connectivity index is 2.13. The number of hydrogen-bond donors (Lipinski definition) is 0. The van der Waals surface area contributed by atoms with Crippen molar-refractivity contribution in [3.63, 3.8) is 0 Å². The van der Waals surface area contributed by atoms with Gasteiger partial charge >= 0.3 is 5.97 Å². The SMILES string of the molecule is CC(C)CN(CC(C)C)C(=O)COC(=O)c1cc2c(cc1[N+](=O)[O-])OCCO2. The number of amides is 1. The minimum atomic E-state index is -0.953. The van der Waals surface area contributed by atoms with Gasteiger partial charge in [-0.15, -0.1) is 0 Å². The highest BCUT2D eigenvalue weighted by Crippen LogP contribution is 2.36. The van der Waals surface area contributed by atoms with Gasteiger partial charge in [-0.3, -0.25) is 14.9 Å². The summed E-state index contributed by atoms with van der Waals surface area (Å²) in [7, 11) is 0. The van der Waals surface area contributed by atoms with E-state index in [-0.39, 0.29) is 48.0 Å². The summed E-state index contributed by atoms with van der Waals surface area (Å²) in [4.78, 5) is 37.2. The summed E-state index contributed by atoms with van der Waals surface area (Å²) in [5.41, 5.74) is -0.732. The van der Waals surface area contributed by atoms with Gasteiger partial charge < -0.3 is 19.1 Å². The molecule has 0 spiro atoms. The Labute approximate surface area is 163 Å². The van der Waals surface area contributed by atoms with Gasteiger partial charge in [-0.25, -0.2) is 4.79 Å². The van der Waals surface area contributed by atoms with Gasteiger partial charge in [0.25, 0.3) is 11.6 Å². The van der Waals surface area contributed by atoms with Crippen LogP contribution in [0.1, 0.15) is 38.1 Å². The van der Waals surface area contributed by atoms with Gasteiger partial charge in [0.2, 0.25) is 0 Å². The van der Waals surface area contributed by atoms with E-state index in [1.54, 1.807) is 4.90 Å². The second kappa shape index (κ2) is 9.38. The van der Waals surface area contributed by atoms with E-state index in [4.69, 9.17) is 14.2 Å².